The van der Waals surface area contributed by atoms with Gasteiger partial charge in [-0.1, -0.05) is 0 Å². The lowest BCUT2D eigenvalue weighted by Gasteiger charge is -2.33. The SMILES string of the molecule is Nc1ccn(C2OC(COP(=O)([O-])OP(=O)([O-])OP(=O)([O-])O)C(O)C2O)c(=O)n1. The minimum atomic E-state index is -6.09. The molecule has 1 aromatic rings. The minimum absolute atomic E-state index is 0.140. The first-order valence-corrected chi connectivity index (χ1v) is 11.6. The summed E-state index contributed by atoms with van der Waals surface area (Å²) in [6.45, 7) is -1.12. The van der Waals surface area contributed by atoms with Crippen molar-refractivity contribution in [2.24, 2.45) is 0 Å². The third-order valence-electron chi connectivity index (χ3n) is 3.26. The van der Waals surface area contributed by atoms with Crippen LogP contribution in [0, 0.1) is 0 Å². The molecule has 1 fully saturated rings. The Balaban J connectivity index is 2.05. The van der Waals surface area contributed by atoms with E-state index in [9.17, 15) is 43.4 Å². The lowest BCUT2D eigenvalue weighted by molar-refractivity contribution is -0.250. The molecule has 7 unspecified atom stereocenters. The van der Waals surface area contributed by atoms with Crippen molar-refractivity contribution in [2.45, 2.75) is 24.5 Å². The Labute approximate surface area is 160 Å². The highest BCUT2D eigenvalue weighted by atomic mass is 31.3. The Morgan fingerprint density at radius 2 is 1.79 bits per heavy atom. The molecular formula is C9H13N3O14P3-3. The molecule has 1 saturated heterocycles. The molecule has 17 nitrogen and oxygen atoms in total. The maximum absolute atomic E-state index is 11.8. The van der Waals surface area contributed by atoms with Crippen molar-refractivity contribution in [1.29, 1.82) is 0 Å². The summed E-state index contributed by atoms with van der Waals surface area (Å²) >= 11 is 0. The summed E-state index contributed by atoms with van der Waals surface area (Å²) in [5.74, 6) is -0.140. The van der Waals surface area contributed by atoms with Gasteiger partial charge in [-0.3, -0.25) is 18.3 Å². The standard InChI is InChI=1S/C9H16N3O14P3/c10-5-1-2-12(9(15)11-5)8-7(14)6(13)4(24-8)3-23-28(19,20)26-29(21,22)25-27(16,17)18/h1-2,4,6-8,13-14H,3H2,(H,19,20)(H,21,22)(H2,10,11,15)(H2,16,17,18)/p-3. The molecule has 20 heteroatoms. The molecule has 1 aliphatic rings. The molecule has 2 heterocycles. The molecule has 7 atom stereocenters. The summed E-state index contributed by atoms with van der Waals surface area (Å²) in [5.41, 5.74) is 4.35. The van der Waals surface area contributed by atoms with Crippen LogP contribution in [-0.4, -0.2) is 49.6 Å². The van der Waals surface area contributed by atoms with Crippen LogP contribution in [0.1, 0.15) is 6.23 Å². The van der Waals surface area contributed by atoms with E-state index >= 15 is 0 Å². The Hall–Kier alpha value is -1.03. The van der Waals surface area contributed by atoms with Crippen LogP contribution in [0.5, 0.6) is 0 Å². The third kappa shape index (κ3) is 6.73. The zero-order valence-corrected chi connectivity index (χ0v) is 16.5. The van der Waals surface area contributed by atoms with Gasteiger partial charge in [-0.2, -0.15) is 4.98 Å². The molecule has 1 aliphatic heterocycles. The lowest BCUT2D eigenvalue weighted by Crippen LogP contribution is -2.36. The monoisotopic (exact) mass is 480 g/mol. The molecule has 0 bridgehead atoms. The predicted octanol–water partition coefficient (Wildman–Crippen LogP) is -4.11. The summed E-state index contributed by atoms with van der Waals surface area (Å²) in [5, 5.41) is 19.9. The van der Waals surface area contributed by atoms with Crippen molar-refractivity contribution in [1.82, 2.24) is 9.55 Å². The fourth-order valence-electron chi connectivity index (χ4n) is 2.17. The maximum Gasteiger partial charge on any atom is 0.351 e. The number of rotatable bonds is 8. The first-order chi connectivity index (χ1) is 13.1. The van der Waals surface area contributed by atoms with Crippen LogP contribution in [0.4, 0.5) is 5.82 Å². The highest BCUT2D eigenvalue weighted by Gasteiger charge is 2.44. The molecule has 0 aromatic carbocycles. The third-order valence-corrected chi connectivity index (χ3v) is 6.95. The average Bonchev–Trinajstić information content (AvgIpc) is 2.78. The quantitative estimate of drug-likeness (QED) is 0.257. The Bertz CT molecular complexity index is 946. The second-order valence-corrected chi connectivity index (χ2v) is 9.70. The van der Waals surface area contributed by atoms with Gasteiger partial charge in [-0.25, -0.2) is 13.4 Å². The van der Waals surface area contributed by atoms with Crippen LogP contribution < -0.4 is 26.1 Å². The maximum atomic E-state index is 11.8. The van der Waals surface area contributed by atoms with Gasteiger partial charge in [-0.15, -0.1) is 0 Å². The summed E-state index contributed by atoms with van der Waals surface area (Å²) in [4.78, 5) is 56.4. The van der Waals surface area contributed by atoms with Gasteiger partial charge in [0.15, 0.2) is 6.23 Å². The average molecular weight is 480 g/mol. The Morgan fingerprint density at radius 1 is 1.17 bits per heavy atom. The smallest absolute Gasteiger partial charge is 0.351 e. The Kier molecular flexibility index (Phi) is 7.20. The van der Waals surface area contributed by atoms with E-state index in [-0.39, 0.29) is 5.82 Å². The van der Waals surface area contributed by atoms with E-state index in [2.05, 4.69) is 18.1 Å². The number of hydrogen-bond acceptors (Lipinski definition) is 15. The summed E-state index contributed by atoms with van der Waals surface area (Å²) in [6, 6.07) is 1.18. The van der Waals surface area contributed by atoms with E-state index in [1.54, 1.807) is 0 Å². The van der Waals surface area contributed by atoms with E-state index in [0.717, 1.165) is 10.8 Å². The second-order valence-electron chi connectivity index (χ2n) is 5.41. The lowest BCUT2D eigenvalue weighted by atomic mass is 10.1. The van der Waals surface area contributed by atoms with Crippen LogP contribution in [0.15, 0.2) is 17.1 Å². The molecule has 0 radical (unpaired) electrons. The number of nitrogens with two attached hydrogens (primary N) is 1. The van der Waals surface area contributed by atoms with Crippen LogP contribution in [-0.2, 0) is 31.6 Å². The number of aliphatic hydroxyl groups is 2. The van der Waals surface area contributed by atoms with E-state index in [0.29, 0.717) is 0 Å². The van der Waals surface area contributed by atoms with Gasteiger partial charge >= 0.3 is 5.69 Å². The summed E-state index contributed by atoms with van der Waals surface area (Å²) in [7, 11) is -17.8. The van der Waals surface area contributed by atoms with Crippen LogP contribution >= 0.6 is 23.5 Å². The van der Waals surface area contributed by atoms with Crippen molar-refractivity contribution in [2.75, 3.05) is 12.3 Å². The van der Waals surface area contributed by atoms with E-state index in [1.165, 1.54) is 6.07 Å². The number of anilines is 1. The van der Waals surface area contributed by atoms with Crippen LogP contribution in [0.25, 0.3) is 0 Å². The van der Waals surface area contributed by atoms with Crippen molar-refractivity contribution >= 4 is 29.3 Å². The topological polar surface area (TPSA) is 279 Å². The van der Waals surface area contributed by atoms with Gasteiger partial charge in [0.25, 0.3) is 23.5 Å². The Morgan fingerprint density at radius 3 is 2.34 bits per heavy atom. The van der Waals surface area contributed by atoms with Gasteiger partial charge in [-0.05, 0) is 6.07 Å². The zero-order valence-electron chi connectivity index (χ0n) is 13.8. The minimum Gasteiger partial charge on any atom is -0.756 e. The molecule has 5 N–H and O–H groups in total. The molecular weight excluding hydrogens is 467 g/mol. The van der Waals surface area contributed by atoms with Gasteiger partial charge < -0.3 is 44.8 Å². The number of hydrogen-bond donors (Lipinski definition) is 4. The number of ether oxygens (including phenoxy) is 1. The van der Waals surface area contributed by atoms with Crippen molar-refractivity contribution in [3.63, 3.8) is 0 Å². The molecule has 0 saturated carbocycles. The van der Waals surface area contributed by atoms with Crippen LogP contribution in [0.3, 0.4) is 0 Å². The number of phosphoric ester groups is 1. The molecule has 0 amide bonds. The fraction of sp³-hybridized carbons (Fsp3) is 0.556. The van der Waals surface area contributed by atoms with Crippen molar-refractivity contribution in [3.8, 4) is 0 Å². The first kappa shape index (κ1) is 24.2. The molecule has 1 aromatic heterocycles. The largest absolute Gasteiger partial charge is 0.756 e. The number of nitrogen functional groups attached to an aromatic ring is 1. The summed E-state index contributed by atoms with van der Waals surface area (Å²) < 4.78 is 49.5. The van der Waals surface area contributed by atoms with E-state index < -0.39 is 60.3 Å². The molecule has 2 rings (SSSR count). The van der Waals surface area contributed by atoms with Gasteiger partial charge in [0.05, 0.1) is 6.61 Å². The van der Waals surface area contributed by atoms with Crippen LogP contribution in [0.2, 0.25) is 0 Å². The molecule has 29 heavy (non-hydrogen) atoms. The number of aromatic nitrogens is 2. The predicted molar refractivity (Wildman–Crippen MR) is 82.0 cm³/mol. The summed E-state index contributed by atoms with van der Waals surface area (Å²) in [6.07, 6.45) is -5.62. The number of nitrogens with zero attached hydrogens (tertiary/aromatic N) is 2. The van der Waals surface area contributed by atoms with Crippen molar-refractivity contribution in [3.05, 3.63) is 22.7 Å². The van der Waals surface area contributed by atoms with E-state index in [4.69, 9.17) is 15.4 Å². The second kappa shape index (κ2) is 8.61. The van der Waals surface area contributed by atoms with Gasteiger partial charge in [0.1, 0.15) is 24.1 Å². The molecule has 0 aliphatic carbocycles. The van der Waals surface area contributed by atoms with Crippen molar-refractivity contribution < 1.29 is 61.4 Å². The normalized spacial score (nSPS) is 31.0. The van der Waals surface area contributed by atoms with Gasteiger partial charge in [0.2, 0.25) is 0 Å². The van der Waals surface area contributed by atoms with E-state index in [1.807, 2.05) is 0 Å². The van der Waals surface area contributed by atoms with Gasteiger partial charge in [0, 0.05) is 6.20 Å². The highest BCUT2D eigenvalue weighted by molar-refractivity contribution is 7.65. The number of phosphoric acid groups is 3. The molecule has 0 spiro atoms. The number of aliphatic hydroxyl groups excluding tert-OH is 2. The molecule has 166 valence electrons. The first-order valence-electron chi connectivity index (χ1n) is 7.20. The zero-order chi connectivity index (χ0) is 22.2. The fourth-order valence-corrected chi connectivity index (χ4v) is 5.06. The highest BCUT2D eigenvalue weighted by Crippen LogP contribution is 2.61.